The Morgan fingerprint density at radius 1 is 1.27 bits per heavy atom. The van der Waals surface area contributed by atoms with Crippen LogP contribution in [-0.4, -0.2) is 17.0 Å². The van der Waals surface area contributed by atoms with Crippen LogP contribution in [0.4, 0.5) is 0 Å². The van der Waals surface area contributed by atoms with Gasteiger partial charge in [0.25, 0.3) is 5.88 Å². The van der Waals surface area contributed by atoms with Crippen LogP contribution >= 0.6 is 15.9 Å². The molecule has 1 unspecified atom stereocenters. The van der Waals surface area contributed by atoms with Crippen LogP contribution < -0.4 is 5.32 Å². The van der Waals surface area contributed by atoms with E-state index in [9.17, 15) is 15.4 Å². The highest BCUT2D eigenvalue weighted by molar-refractivity contribution is 9.10. The maximum atomic E-state index is 12.0. The Bertz CT molecular complexity index is 1270. The first kappa shape index (κ1) is 19.7. The summed E-state index contributed by atoms with van der Waals surface area (Å²) in [6, 6.07) is 15.3. The van der Waals surface area contributed by atoms with E-state index < -0.39 is 10.8 Å². The molecule has 0 radical (unpaired) electrons. The Balaban J connectivity index is 2.01. The molecule has 150 valence electrons. The highest BCUT2D eigenvalue weighted by atomic mass is 79.9. The Morgan fingerprint density at radius 2 is 2.00 bits per heavy atom. The number of benzene rings is 2. The predicted octanol–water partition coefficient (Wildman–Crippen LogP) is 4.95. The summed E-state index contributed by atoms with van der Waals surface area (Å²) in [6.45, 7) is 1.94. The van der Waals surface area contributed by atoms with Gasteiger partial charge >= 0.3 is 5.70 Å². The summed E-state index contributed by atoms with van der Waals surface area (Å²) in [4.78, 5) is 14.7. The third-order valence-electron chi connectivity index (χ3n) is 5.09. The zero-order chi connectivity index (χ0) is 21.4. The number of halogens is 1. The van der Waals surface area contributed by atoms with Gasteiger partial charge in [0.05, 0.1) is 16.6 Å². The molecule has 8 heteroatoms. The molecular weight excluding hydrogens is 448 g/mol. The van der Waals surface area contributed by atoms with Crippen molar-refractivity contribution in [2.24, 2.45) is 0 Å². The third-order valence-corrected chi connectivity index (χ3v) is 5.58. The number of allylic oxidation sites excluding steroid dienone is 1. The molecule has 7 nitrogen and oxygen atoms in total. The lowest BCUT2D eigenvalue weighted by Crippen LogP contribution is -2.26. The summed E-state index contributed by atoms with van der Waals surface area (Å²) in [5, 5.41) is 25.7. The highest BCUT2D eigenvalue weighted by Crippen LogP contribution is 2.44. The number of hydrogen-bond acceptors (Lipinski definition) is 5. The molecule has 0 saturated carbocycles. The Labute approximate surface area is 180 Å². The maximum absolute atomic E-state index is 12.0. The van der Waals surface area contributed by atoms with Crippen LogP contribution in [0.15, 0.2) is 70.3 Å². The van der Waals surface area contributed by atoms with E-state index in [1.54, 1.807) is 13.2 Å². The number of fused-ring (bicyclic) bond motifs is 1. The molecule has 0 fully saturated rings. The van der Waals surface area contributed by atoms with Gasteiger partial charge in [0.2, 0.25) is 0 Å². The number of nitro groups is 1. The number of nitriles is 1. The van der Waals surface area contributed by atoms with Crippen molar-refractivity contribution >= 4 is 32.6 Å². The summed E-state index contributed by atoms with van der Waals surface area (Å²) in [7, 11) is 1.56. The van der Waals surface area contributed by atoms with Gasteiger partial charge in [-0.1, -0.05) is 45.8 Å². The van der Waals surface area contributed by atoms with Crippen molar-refractivity contribution in [3.63, 3.8) is 0 Å². The number of aryl methyl sites for hydroxylation is 1. The van der Waals surface area contributed by atoms with Crippen LogP contribution in [0.3, 0.4) is 0 Å². The second-order valence-electron chi connectivity index (χ2n) is 6.91. The first-order valence-corrected chi connectivity index (χ1v) is 9.96. The number of hydrogen-bond donors (Lipinski definition) is 2. The van der Waals surface area contributed by atoms with Crippen molar-refractivity contribution in [2.75, 3.05) is 7.05 Å². The van der Waals surface area contributed by atoms with Crippen molar-refractivity contribution in [1.29, 1.82) is 5.26 Å². The second kappa shape index (κ2) is 7.69. The number of aromatic nitrogens is 1. The van der Waals surface area contributed by atoms with Gasteiger partial charge in [0.15, 0.2) is 5.76 Å². The number of ether oxygens (including phenoxy) is 1. The van der Waals surface area contributed by atoms with Gasteiger partial charge < -0.3 is 15.0 Å². The van der Waals surface area contributed by atoms with Gasteiger partial charge in [-0.3, -0.25) is 10.1 Å². The Hall–Kier alpha value is -3.57. The lowest BCUT2D eigenvalue weighted by atomic mass is 9.85. The van der Waals surface area contributed by atoms with E-state index in [-0.39, 0.29) is 17.2 Å². The summed E-state index contributed by atoms with van der Waals surface area (Å²) < 4.78 is 6.80. The molecule has 3 aromatic rings. The van der Waals surface area contributed by atoms with Gasteiger partial charge in [-0.05, 0) is 30.7 Å². The number of rotatable bonds is 4. The van der Waals surface area contributed by atoms with Crippen LogP contribution in [0.2, 0.25) is 0 Å². The minimum absolute atomic E-state index is 0.0175. The van der Waals surface area contributed by atoms with Gasteiger partial charge in [-0.15, -0.1) is 0 Å². The minimum Gasteiger partial charge on any atom is -0.434 e. The lowest BCUT2D eigenvalue weighted by Gasteiger charge is -2.25. The van der Waals surface area contributed by atoms with Crippen molar-refractivity contribution < 1.29 is 9.66 Å². The molecule has 0 spiro atoms. The first-order valence-electron chi connectivity index (χ1n) is 9.16. The average Bonchev–Trinajstić information content (AvgIpc) is 3.15. The Morgan fingerprint density at radius 3 is 2.63 bits per heavy atom. The van der Waals surface area contributed by atoms with Gasteiger partial charge in [-0.25, -0.2) is 0 Å². The smallest absolute Gasteiger partial charge is 0.318 e. The monoisotopic (exact) mass is 464 g/mol. The SMILES string of the molecule is CNC1=C([N+](=O)[O-])C(c2ccc(C)cc2)C(C#N)=C(c2c[nH]c3ccc(Br)cc23)O1. The molecule has 0 saturated heterocycles. The van der Waals surface area contributed by atoms with Crippen LogP contribution in [0.1, 0.15) is 22.6 Å². The van der Waals surface area contributed by atoms with E-state index in [2.05, 4.69) is 32.3 Å². The predicted molar refractivity (Wildman–Crippen MR) is 117 cm³/mol. The number of aromatic amines is 1. The van der Waals surface area contributed by atoms with E-state index in [0.29, 0.717) is 16.9 Å². The molecule has 2 aromatic carbocycles. The molecule has 0 aliphatic carbocycles. The fraction of sp³-hybridized carbons (Fsp3) is 0.136. The van der Waals surface area contributed by atoms with Crippen molar-refractivity contribution in [2.45, 2.75) is 12.8 Å². The molecular formula is C22H17BrN4O3. The Kier molecular flexibility index (Phi) is 5.06. The van der Waals surface area contributed by atoms with Crippen molar-refractivity contribution in [3.05, 3.63) is 97.1 Å². The molecule has 1 aromatic heterocycles. The minimum atomic E-state index is -0.867. The molecule has 0 amide bonds. The number of nitrogens with zero attached hydrogens (tertiary/aromatic N) is 2. The largest absolute Gasteiger partial charge is 0.434 e. The third kappa shape index (κ3) is 3.23. The van der Waals surface area contributed by atoms with E-state index in [0.717, 1.165) is 20.9 Å². The zero-order valence-electron chi connectivity index (χ0n) is 16.2. The first-order chi connectivity index (χ1) is 14.4. The lowest BCUT2D eigenvalue weighted by molar-refractivity contribution is -0.433. The summed E-state index contributed by atoms with van der Waals surface area (Å²) in [6.07, 6.45) is 1.75. The molecule has 1 aliphatic rings. The number of H-pyrrole nitrogens is 1. The quantitative estimate of drug-likeness (QED) is 0.419. The van der Waals surface area contributed by atoms with E-state index in [1.807, 2.05) is 49.4 Å². The zero-order valence-corrected chi connectivity index (χ0v) is 17.8. The topological polar surface area (TPSA) is 104 Å². The van der Waals surface area contributed by atoms with Gasteiger partial charge in [0, 0.05) is 34.2 Å². The fourth-order valence-electron chi connectivity index (χ4n) is 3.66. The highest BCUT2D eigenvalue weighted by Gasteiger charge is 2.42. The summed E-state index contributed by atoms with van der Waals surface area (Å²) in [5.41, 5.74) is 3.20. The summed E-state index contributed by atoms with van der Waals surface area (Å²) in [5.74, 6) is -0.555. The van der Waals surface area contributed by atoms with Crippen molar-refractivity contribution in [1.82, 2.24) is 10.3 Å². The molecule has 1 aliphatic heterocycles. The molecule has 2 heterocycles. The second-order valence-corrected chi connectivity index (χ2v) is 7.83. The fourth-order valence-corrected chi connectivity index (χ4v) is 4.02. The summed E-state index contributed by atoms with van der Waals surface area (Å²) >= 11 is 3.47. The normalized spacial score (nSPS) is 16.4. The van der Waals surface area contributed by atoms with Gasteiger partial charge in [0.1, 0.15) is 5.92 Å². The average molecular weight is 465 g/mol. The van der Waals surface area contributed by atoms with E-state index in [4.69, 9.17) is 4.74 Å². The standard InChI is InChI=1S/C22H17BrN4O3/c1-12-3-5-13(6-4-12)19-16(10-24)21(30-22(25-2)20(19)27(28)29)17-11-26-18-8-7-14(23)9-15(17)18/h3-9,11,19,25-26H,1-2H3. The van der Waals surface area contributed by atoms with Crippen LogP contribution in [0.25, 0.3) is 16.7 Å². The molecule has 0 bridgehead atoms. The van der Waals surface area contributed by atoms with Gasteiger partial charge in [-0.2, -0.15) is 5.26 Å². The molecule has 30 heavy (non-hydrogen) atoms. The molecule has 1 atom stereocenters. The molecule has 2 N–H and O–H groups in total. The maximum Gasteiger partial charge on any atom is 0.318 e. The van der Waals surface area contributed by atoms with Crippen LogP contribution in [0.5, 0.6) is 0 Å². The van der Waals surface area contributed by atoms with Crippen molar-refractivity contribution in [3.8, 4) is 6.07 Å². The van der Waals surface area contributed by atoms with Crippen LogP contribution in [-0.2, 0) is 4.74 Å². The van der Waals surface area contributed by atoms with E-state index >= 15 is 0 Å². The van der Waals surface area contributed by atoms with Crippen LogP contribution in [0, 0.1) is 28.4 Å². The van der Waals surface area contributed by atoms with E-state index in [1.165, 1.54) is 0 Å². The molecule has 4 rings (SSSR count). The number of nitrogens with one attached hydrogen (secondary N) is 2.